The van der Waals surface area contributed by atoms with Crippen molar-refractivity contribution in [1.29, 1.82) is 0 Å². The lowest BCUT2D eigenvalue weighted by Crippen LogP contribution is -2.51. The zero-order chi connectivity index (χ0) is 28.9. The number of ether oxygens (including phenoxy) is 1. The van der Waals surface area contributed by atoms with Crippen molar-refractivity contribution in [1.82, 2.24) is 15.3 Å². The quantitative estimate of drug-likeness (QED) is 0.403. The van der Waals surface area contributed by atoms with E-state index in [4.69, 9.17) is 61.1 Å². The summed E-state index contributed by atoms with van der Waals surface area (Å²) in [5.41, 5.74) is 2.71. The van der Waals surface area contributed by atoms with Gasteiger partial charge in [0.15, 0.2) is 0 Å². The zero-order valence-corrected chi connectivity index (χ0v) is 25.6. The fourth-order valence-corrected chi connectivity index (χ4v) is 7.50. The van der Waals surface area contributed by atoms with Crippen molar-refractivity contribution < 1.29 is 18.5 Å². The number of hydrogen-bond acceptors (Lipinski definition) is 8. The van der Waals surface area contributed by atoms with E-state index in [1.807, 2.05) is 17.4 Å². The van der Waals surface area contributed by atoms with E-state index in [-0.39, 0.29) is 6.61 Å². The summed E-state index contributed by atoms with van der Waals surface area (Å²) in [4.78, 5) is 36.5. The monoisotopic (exact) mass is 657 g/mol. The lowest BCUT2D eigenvalue weighted by Gasteiger charge is -2.42. The Balaban J connectivity index is 1.18. The average Bonchev–Trinajstić information content (AvgIpc) is 3.59. The number of nitrogens with one attached hydrogen (secondary N) is 2. The Labute approximate surface area is 259 Å². The van der Waals surface area contributed by atoms with Crippen molar-refractivity contribution in [3.63, 3.8) is 0 Å². The predicted molar refractivity (Wildman–Crippen MR) is 160 cm³/mol. The summed E-state index contributed by atoms with van der Waals surface area (Å²) in [6.07, 6.45) is 5.24. The predicted octanol–water partition coefficient (Wildman–Crippen LogP) is 5.29. The number of alkyl carbamates (subject to hydrolysis) is 1. The van der Waals surface area contributed by atoms with Gasteiger partial charge in [-0.15, -0.1) is 0 Å². The van der Waals surface area contributed by atoms with Crippen LogP contribution in [-0.4, -0.2) is 61.0 Å². The number of benzene rings is 1. The SMILES string of the molecule is O=C(NC(=O)C(Cl)(Cl)Cl)OCC1(Nc2nc(N3C[C@H]4CC(c5ccc(Cl)cc5)=C[C@H]4C3)nc3c2[S@](=O)CC3)CCC1. The molecule has 2 aliphatic carbocycles. The number of hydrogen-bond donors (Lipinski definition) is 2. The Hall–Kier alpha value is -2.11. The Kier molecular flexibility index (Phi) is 7.91. The van der Waals surface area contributed by atoms with Gasteiger partial charge in [-0.3, -0.25) is 14.3 Å². The molecular formula is C27H27Cl4N5O4S. The highest BCUT2D eigenvalue weighted by Crippen LogP contribution is 2.43. The molecule has 2 aromatic rings. The smallest absolute Gasteiger partial charge is 0.414 e. The number of fused-ring (bicyclic) bond motifs is 2. The summed E-state index contributed by atoms with van der Waals surface area (Å²) in [6.45, 7) is 1.58. The van der Waals surface area contributed by atoms with Crippen LogP contribution in [0.3, 0.4) is 0 Å². The third-order valence-electron chi connectivity index (χ3n) is 8.21. The van der Waals surface area contributed by atoms with Crippen LogP contribution in [0, 0.1) is 11.8 Å². The maximum atomic E-state index is 12.9. The molecule has 1 aromatic heterocycles. The molecule has 1 saturated carbocycles. The standard InChI is InChI=1S/C27H27Cl4N5O4S/c28-19-4-2-15(3-5-19)16-10-17-12-36(13-18(17)11-16)24-32-20-6-9-41(39)21(20)22(33-24)35-26(7-1-8-26)14-40-25(38)34-23(37)27(29,30)31/h2-5,10,17-18H,1,6-9,11-14H2,(H,32,33,35)(H,34,37,38)/t17-,18+,41+/m0/s1. The van der Waals surface area contributed by atoms with Gasteiger partial charge >= 0.3 is 6.09 Å². The average molecular weight is 659 g/mol. The van der Waals surface area contributed by atoms with E-state index in [0.29, 0.717) is 53.5 Å². The van der Waals surface area contributed by atoms with Gasteiger partial charge in [0.2, 0.25) is 5.95 Å². The molecule has 2 amide bonds. The molecule has 0 spiro atoms. The molecule has 218 valence electrons. The molecule has 0 bridgehead atoms. The van der Waals surface area contributed by atoms with E-state index in [9.17, 15) is 13.8 Å². The Morgan fingerprint density at radius 2 is 1.90 bits per heavy atom. The molecule has 1 saturated heterocycles. The summed E-state index contributed by atoms with van der Waals surface area (Å²) in [5, 5.41) is 6.09. The van der Waals surface area contributed by atoms with Crippen molar-refractivity contribution in [2.45, 2.75) is 46.3 Å². The van der Waals surface area contributed by atoms with Crippen LogP contribution in [0.2, 0.25) is 5.02 Å². The van der Waals surface area contributed by atoms with Crippen LogP contribution in [0.25, 0.3) is 5.57 Å². The van der Waals surface area contributed by atoms with Gasteiger partial charge < -0.3 is 15.0 Å². The fraction of sp³-hybridized carbons (Fsp3) is 0.481. The number of rotatable bonds is 6. The molecule has 6 rings (SSSR count). The minimum atomic E-state index is -2.28. The number of alkyl halides is 3. The number of amides is 2. The summed E-state index contributed by atoms with van der Waals surface area (Å²) < 4.78 is 16.0. The number of halogens is 4. The van der Waals surface area contributed by atoms with Crippen molar-refractivity contribution in [3.8, 4) is 0 Å². The van der Waals surface area contributed by atoms with Gasteiger partial charge in [-0.2, -0.15) is 4.98 Å². The molecule has 3 atom stereocenters. The lowest BCUT2D eigenvalue weighted by atomic mass is 9.77. The normalized spacial score (nSPS) is 24.2. The molecular weight excluding hydrogens is 632 g/mol. The largest absolute Gasteiger partial charge is 0.447 e. The molecule has 4 aliphatic rings. The van der Waals surface area contributed by atoms with Crippen LogP contribution in [0.5, 0.6) is 0 Å². The highest BCUT2D eigenvalue weighted by Gasteiger charge is 2.43. The summed E-state index contributed by atoms with van der Waals surface area (Å²) in [6, 6.07) is 7.98. The molecule has 1 aromatic carbocycles. The number of imide groups is 1. The van der Waals surface area contributed by atoms with Crippen LogP contribution < -0.4 is 15.5 Å². The molecule has 2 aliphatic heterocycles. The van der Waals surface area contributed by atoms with Crippen molar-refractivity contribution in [3.05, 3.63) is 46.6 Å². The number of carbonyl (C=O) groups is 2. The lowest BCUT2D eigenvalue weighted by molar-refractivity contribution is -0.119. The summed E-state index contributed by atoms with van der Waals surface area (Å²) in [5.74, 6) is 1.37. The number of aryl methyl sites for hydroxylation is 1. The molecule has 0 radical (unpaired) electrons. The third kappa shape index (κ3) is 6.04. The second-order valence-electron chi connectivity index (χ2n) is 11.0. The highest BCUT2D eigenvalue weighted by atomic mass is 35.6. The van der Waals surface area contributed by atoms with Gasteiger partial charge in [0.05, 0.1) is 22.0 Å². The number of allylic oxidation sites excluding steroid dienone is 1. The first-order valence-electron chi connectivity index (χ1n) is 13.3. The van der Waals surface area contributed by atoms with E-state index in [2.05, 4.69) is 28.4 Å². The third-order valence-corrected chi connectivity index (χ3v) is 10.4. The van der Waals surface area contributed by atoms with Crippen molar-refractivity contribution >= 4 is 86.5 Å². The molecule has 14 heteroatoms. The van der Waals surface area contributed by atoms with Crippen LogP contribution in [0.4, 0.5) is 16.6 Å². The Bertz CT molecular complexity index is 1440. The van der Waals surface area contributed by atoms with E-state index in [1.165, 1.54) is 11.1 Å². The van der Waals surface area contributed by atoms with Gasteiger partial charge in [0, 0.05) is 30.3 Å². The van der Waals surface area contributed by atoms with Crippen molar-refractivity contribution in [2.24, 2.45) is 11.8 Å². The zero-order valence-electron chi connectivity index (χ0n) is 21.8. The van der Waals surface area contributed by atoms with E-state index in [1.54, 1.807) is 0 Å². The molecule has 41 heavy (non-hydrogen) atoms. The van der Waals surface area contributed by atoms with Crippen molar-refractivity contribution in [2.75, 3.05) is 35.7 Å². The van der Waals surface area contributed by atoms with Crippen LogP contribution >= 0.6 is 46.4 Å². The minimum absolute atomic E-state index is 0.0428. The van der Waals surface area contributed by atoms with Gasteiger partial charge in [0.1, 0.15) is 17.3 Å². The number of carbonyl (C=O) groups excluding carboxylic acids is 2. The maximum absolute atomic E-state index is 12.9. The second kappa shape index (κ2) is 11.2. The molecule has 3 heterocycles. The second-order valence-corrected chi connectivity index (χ2v) is 15.2. The molecule has 0 unspecified atom stereocenters. The van der Waals surface area contributed by atoms with E-state index >= 15 is 0 Å². The van der Waals surface area contributed by atoms with Gasteiger partial charge in [-0.1, -0.05) is 64.6 Å². The molecule has 2 N–H and O–H groups in total. The number of nitrogens with zero attached hydrogens (tertiary/aromatic N) is 3. The summed E-state index contributed by atoms with van der Waals surface area (Å²) in [7, 11) is -1.23. The van der Waals surface area contributed by atoms with Gasteiger partial charge in [-0.05, 0) is 60.8 Å². The van der Waals surface area contributed by atoms with Crippen LogP contribution in [-0.2, 0) is 26.8 Å². The molecule has 9 nitrogen and oxygen atoms in total. The summed E-state index contributed by atoms with van der Waals surface area (Å²) >= 11 is 22.6. The van der Waals surface area contributed by atoms with Crippen LogP contribution in [0.15, 0.2) is 35.2 Å². The Morgan fingerprint density at radius 1 is 1.15 bits per heavy atom. The van der Waals surface area contributed by atoms with Gasteiger partial charge in [0.25, 0.3) is 9.70 Å². The first-order valence-corrected chi connectivity index (χ1v) is 16.2. The highest BCUT2D eigenvalue weighted by molar-refractivity contribution is 7.85. The van der Waals surface area contributed by atoms with E-state index in [0.717, 1.165) is 36.6 Å². The maximum Gasteiger partial charge on any atom is 0.414 e. The minimum Gasteiger partial charge on any atom is -0.447 e. The van der Waals surface area contributed by atoms with E-state index < -0.39 is 32.1 Å². The first kappa shape index (κ1) is 29.0. The van der Waals surface area contributed by atoms with Gasteiger partial charge in [-0.25, -0.2) is 9.78 Å². The number of aromatic nitrogens is 2. The fourth-order valence-electron chi connectivity index (χ4n) is 5.93. The van der Waals surface area contributed by atoms with Crippen LogP contribution in [0.1, 0.15) is 36.9 Å². The number of anilines is 2. The Morgan fingerprint density at radius 3 is 2.56 bits per heavy atom. The topological polar surface area (TPSA) is 114 Å². The first-order chi connectivity index (χ1) is 19.5. The molecule has 2 fully saturated rings.